The van der Waals surface area contributed by atoms with Gasteiger partial charge in [0.05, 0.1) is 7.11 Å². The predicted molar refractivity (Wildman–Crippen MR) is 119 cm³/mol. The van der Waals surface area contributed by atoms with Crippen molar-refractivity contribution in [1.82, 2.24) is 10.6 Å². The van der Waals surface area contributed by atoms with Gasteiger partial charge in [0, 0.05) is 10.6 Å². The van der Waals surface area contributed by atoms with Crippen LogP contribution in [0.3, 0.4) is 0 Å². The minimum Gasteiger partial charge on any atom is -0.493 e. The number of hydrogen-bond acceptors (Lipinski definition) is 4. The highest BCUT2D eigenvalue weighted by atomic mass is 35.5. The van der Waals surface area contributed by atoms with E-state index in [0.717, 1.165) is 5.56 Å². The van der Waals surface area contributed by atoms with Crippen molar-refractivity contribution < 1.29 is 19.1 Å². The van der Waals surface area contributed by atoms with Gasteiger partial charge in [0.2, 0.25) is 0 Å². The molecule has 0 aliphatic carbocycles. The molecule has 2 aromatic carbocycles. The van der Waals surface area contributed by atoms with Crippen LogP contribution in [0.25, 0.3) is 0 Å². The van der Waals surface area contributed by atoms with Crippen molar-refractivity contribution >= 4 is 69.8 Å². The highest BCUT2D eigenvalue weighted by Gasteiger charge is 2.24. The van der Waals surface area contributed by atoms with E-state index < -0.39 is 27.7 Å². The first-order chi connectivity index (χ1) is 14.2. The zero-order valence-electron chi connectivity index (χ0n) is 15.5. The predicted octanol–water partition coefficient (Wildman–Crippen LogP) is 4.77. The van der Waals surface area contributed by atoms with Crippen molar-refractivity contribution in [1.29, 1.82) is 0 Å². The number of hydrogen-bond donors (Lipinski definition) is 2. The lowest BCUT2D eigenvalue weighted by molar-refractivity contribution is -0.122. The molecule has 0 spiro atoms. The first kappa shape index (κ1) is 24.7. The molecule has 0 radical (unpaired) electrons. The Hall–Kier alpha value is -1.57. The van der Waals surface area contributed by atoms with Crippen LogP contribution in [0.15, 0.2) is 42.5 Å². The number of rotatable bonds is 9. The first-order valence-corrected chi connectivity index (χ1v) is 10.6. The summed E-state index contributed by atoms with van der Waals surface area (Å²) in [5, 5.41) is 5.55. The third kappa shape index (κ3) is 7.00. The van der Waals surface area contributed by atoms with Crippen LogP contribution in [0.2, 0.25) is 5.02 Å². The third-order valence-corrected chi connectivity index (χ3v) is 4.99. The molecule has 0 unspecified atom stereocenters. The zero-order valence-corrected chi connectivity index (χ0v) is 19.3. The molecule has 6 nitrogen and oxygen atoms in total. The molecular formula is C19H17Cl5N2O4. The summed E-state index contributed by atoms with van der Waals surface area (Å²) in [6.07, 6.45) is -1.02. The van der Waals surface area contributed by atoms with Crippen molar-refractivity contribution in [3.8, 4) is 11.5 Å². The lowest BCUT2D eigenvalue weighted by atomic mass is 10.1. The molecule has 0 fully saturated rings. The van der Waals surface area contributed by atoms with E-state index in [1.165, 1.54) is 7.11 Å². The van der Waals surface area contributed by atoms with Crippen LogP contribution < -0.4 is 20.1 Å². The van der Waals surface area contributed by atoms with Gasteiger partial charge in [-0.3, -0.25) is 9.59 Å². The molecule has 2 rings (SSSR count). The van der Waals surface area contributed by atoms with Gasteiger partial charge in [0.15, 0.2) is 21.2 Å². The minimum atomic E-state index is -1.34. The van der Waals surface area contributed by atoms with Gasteiger partial charge >= 0.3 is 0 Å². The number of alkyl halides is 4. The average Bonchev–Trinajstić information content (AvgIpc) is 2.72. The van der Waals surface area contributed by atoms with Crippen molar-refractivity contribution in [3.63, 3.8) is 0 Å². The van der Waals surface area contributed by atoms with Gasteiger partial charge in [-0.05, 0) is 23.8 Å². The number of carbonyl (C=O) groups excluding carboxylic acids is 2. The summed E-state index contributed by atoms with van der Waals surface area (Å²) in [4.78, 5) is 21.2. The summed E-state index contributed by atoms with van der Waals surface area (Å²) in [6, 6.07) is 12.1. The monoisotopic (exact) mass is 512 g/mol. The number of benzene rings is 2. The van der Waals surface area contributed by atoms with Gasteiger partial charge in [0.25, 0.3) is 11.8 Å². The molecule has 11 heteroatoms. The lowest BCUT2D eigenvalue weighted by Gasteiger charge is -2.22. The van der Waals surface area contributed by atoms with E-state index in [2.05, 4.69) is 10.6 Å². The Morgan fingerprint density at radius 3 is 2.07 bits per heavy atom. The molecule has 2 amide bonds. The van der Waals surface area contributed by atoms with Gasteiger partial charge in [-0.1, -0.05) is 82.3 Å². The van der Waals surface area contributed by atoms with Crippen LogP contribution in [0, 0.1) is 0 Å². The normalized spacial score (nSPS) is 11.0. The fraction of sp³-hybridized carbons (Fsp3) is 0.263. The fourth-order valence-corrected chi connectivity index (χ4v) is 2.81. The second-order valence-electron chi connectivity index (χ2n) is 5.84. The van der Waals surface area contributed by atoms with Gasteiger partial charge < -0.3 is 20.1 Å². The molecule has 0 atom stereocenters. The molecule has 0 heterocycles. The van der Waals surface area contributed by atoms with Gasteiger partial charge in [-0.15, -0.1) is 0 Å². The molecule has 0 saturated heterocycles. The van der Waals surface area contributed by atoms with E-state index in [0.29, 0.717) is 22.1 Å². The Balaban J connectivity index is 2.25. The second kappa shape index (κ2) is 11.7. The quantitative estimate of drug-likeness (QED) is 0.374. The van der Waals surface area contributed by atoms with Gasteiger partial charge in [0.1, 0.15) is 12.8 Å². The highest BCUT2D eigenvalue weighted by Crippen LogP contribution is 2.31. The number of halogens is 5. The highest BCUT2D eigenvalue weighted by molar-refractivity contribution is 6.54. The summed E-state index contributed by atoms with van der Waals surface area (Å²) < 4.78 is 11.2. The summed E-state index contributed by atoms with van der Waals surface area (Å²) in [5.41, 5.74) is 1.25. The average molecular weight is 515 g/mol. The summed E-state index contributed by atoms with van der Waals surface area (Å²) in [5.74, 6) is -0.656. The second-order valence-corrected chi connectivity index (χ2v) is 8.44. The number of carbonyl (C=O) groups is 2. The van der Waals surface area contributed by atoms with E-state index in [4.69, 9.17) is 67.5 Å². The lowest BCUT2D eigenvalue weighted by Crippen LogP contribution is -2.44. The molecule has 0 aromatic heterocycles. The third-order valence-electron chi connectivity index (χ3n) is 3.83. The molecule has 0 saturated carbocycles. The number of ether oxygens (including phenoxy) is 2. The molecule has 0 aliphatic rings. The Labute approximate surface area is 198 Å². The molecule has 30 heavy (non-hydrogen) atoms. The molecule has 2 N–H and O–H groups in total. The van der Waals surface area contributed by atoms with E-state index in [-0.39, 0.29) is 6.61 Å². The number of nitrogens with one attached hydrogen (secondary N) is 2. The standard InChI is InChI=1S/C19H17Cl5N2O4/c1-29-14-8-10(17(25-18(27)15(21)22)26-19(28)16(23)24)6-7-13(14)30-9-11-4-2-3-5-12(11)20/h2-8,15-17H,9H2,1H3,(H,25,27)(H,26,28). The number of methoxy groups -OCH3 is 1. The van der Waals surface area contributed by atoms with E-state index in [1.807, 2.05) is 18.2 Å². The van der Waals surface area contributed by atoms with E-state index in [1.54, 1.807) is 24.3 Å². The Bertz CT molecular complexity index is 873. The van der Waals surface area contributed by atoms with Crippen LogP contribution in [0.5, 0.6) is 11.5 Å². The minimum absolute atomic E-state index is 0.215. The topological polar surface area (TPSA) is 76.7 Å². The van der Waals surface area contributed by atoms with Crippen molar-refractivity contribution in [2.45, 2.75) is 22.4 Å². The van der Waals surface area contributed by atoms with Gasteiger partial charge in [-0.2, -0.15) is 0 Å². The van der Waals surface area contributed by atoms with Crippen molar-refractivity contribution in [2.75, 3.05) is 7.11 Å². The van der Waals surface area contributed by atoms with Crippen LogP contribution >= 0.6 is 58.0 Å². The summed E-state index contributed by atoms with van der Waals surface area (Å²) in [7, 11) is 1.45. The smallest absolute Gasteiger partial charge is 0.255 e. The Morgan fingerprint density at radius 2 is 1.53 bits per heavy atom. The molecule has 0 bridgehead atoms. The number of amides is 2. The van der Waals surface area contributed by atoms with Crippen molar-refractivity contribution in [3.05, 3.63) is 58.6 Å². The molecule has 162 valence electrons. The van der Waals surface area contributed by atoms with E-state index in [9.17, 15) is 9.59 Å². The summed E-state index contributed by atoms with van der Waals surface area (Å²) >= 11 is 28.5. The zero-order chi connectivity index (χ0) is 22.3. The maximum absolute atomic E-state index is 11.9. The van der Waals surface area contributed by atoms with E-state index >= 15 is 0 Å². The van der Waals surface area contributed by atoms with Crippen LogP contribution in [0.1, 0.15) is 17.3 Å². The Morgan fingerprint density at radius 1 is 0.933 bits per heavy atom. The summed E-state index contributed by atoms with van der Waals surface area (Å²) in [6.45, 7) is 0.215. The van der Waals surface area contributed by atoms with Gasteiger partial charge in [-0.25, -0.2) is 0 Å². The molecular weight excluding hydrogens is 497 g/mol. The first-order valence-electron chi connectivity index (χ1n) is 8.44. The maximum atomic E-state index is 11.9. The van der Waals surface area contributed by atoms with Crippen LogP contribution in [0.4, 0.5) is 0 Å². The van der Waals surface area contributed by atoms with Crippen LogP contribution in [-0.2, 0) is 16.2 Å². The molecule has 2 aromatic rings. The largest absolute Gasteiger partial charge is 0.493 e. The molecule has 0 aliphatic heterocycles. The SMILES string of the molecule is COc1cc(C(NC(=O)C(Cl)Cl)NC(=O)C(Cl)Cl)ccc1OCc1ccccc1Cl. The van der Waals surface area contributed by atoms with Crippen molar-refractivity contribution in [2.24, 2.45) is 0 Å². The maximum Gasteiger partial charge on any atom is 0.255 e. The fourth-order valence-electron chi connectivity index (χ4n) is 2.37. The van der Waals surface area contributed by atoms with Crippen LogP contribution in [-0.4, -0.2) is 28.6 Å². The Kier molecular flexibility index (Phi) is 9.65.